The molecule has 0 saturated heterocycles. The molecule has 0 saturated carbocycles. The van der Waals surface area contributed by atoms with E-state index in [0.717, 1.165) is 25.8 Å². The van der Waals surface area contributed by atoms with E-state index >= 15 is 0 Å². The van der Waals surface area contributed by atoms with Crippen molar-refractivity contribution in [3.05, 3.63) is 35.4 Å². The summed E-state index contributed by atoms with van der Waals surface area (Å²) in [4.78, 5) is 0. The number of benzene rings is 1. The molecule has 17 heavy (non-hydrogen) atoms. The Morgan fingerprint density at radius 2 is 1.82 bits per heavy atom. The second-order valence-electron chi connectivity index (χ2n) is 4.76. The summed E-state index contributed by atoms with van der Waals surface area (Å²) >= 11 is 0. The standard InChI is InChI=1S/C15H25NO/c1-4-14-7-9-15(10-8-14)13(3)16-11-5-6-12(2)17/h7-10,12-13,16-17H,4-6,11H2,1-3H3. The number of hydrogen-bond donors (Lipinski definition) is 2. The first kappa shape index (κ1) is 14.2. The van der Waals surface area contributed by atoms with E-state index in [1.165, 1.54) is 11.1 Å². The molecule has 96 valence electrons. The highest BCUT2D eigenvalue weighted by Crippen LogP contribution is 2.13. The van der Waals surface area contributed by atoms with Crippen LogP contribution in [-0.4, -0.2) is 17.8 Å². The molecular formula is C15H25NO. The molecule has 0 aliphatic rings. The fourth-order valence-corrected chi connectivity index (χ4v) is 1.88. The zero-order valence-corrected chi connectivity index (χ0v) is 11.2. The molecule has 2 unspecified atom stereocenters. The first-order valence-electron chi connectivity index (χ1n) is 6.63. The Bertz CT molecular complexity index is 305. The highest BCUT2D eigenvalue weighted by Gasteiger charge is 2.04. The Hall–Kier alpha value is -0.860. The summed E-state index contributed by atoms with van der Waals surface area (Å²) in [5, 5.41) is 12.6. The highest BCUT2D eigenvalue weighted by atomic mass is 16.3. The van der Waals surface area contributed by atoms with Gasteiger partial charge in [0.2, 0.25) is 0 Å². The molecule has 1 aromatic rings. The average Bonchev–Trinajstić information content (AvgIpc) is 2.34. The van der Waals surface area contributed by atoms with Gasteiger partial charge in [-0.15, -0.1) is 0 Å². The number of aliphatic hydroxyl groups is 1. The summed E-state index contributed by atoms with van der Waals surface area (Å²) in [7, 11) is 0. The van der Waals surface area contributed by atoms with Gasteiger partial charge in [0.25, 0.3) is 0 Å². The molecule has 2 heteroatoms. The molecule has 0 aromatic heterocycles. The van der Waals surface area contributed by atoms with Gasteiger partial charge in [-0.05, 0) is 50.8 Å². The SMILES string of the molecule is CCc1ccc(C(C)NCCCC(C)O)cc1. The molecule has 1 aromatic carbocycles. The zero-order chi connectivity index (χ0) is 12.7. The van der Waals surface area contributed by atoms with Gasteiger partial charge in [0.05, 0.1) is 6.10 Å². The van der Waals surface area contributed by atoms with Crippen molar-refractivity contribution >= 4 is 0 Å². The molecule has 0 amide bonds. The van der Waals surface area contributed by atoms with Crippen LogP contribution in [0.15, 0.2) is 24.3 Å². The van der Waals surface area contributed by atoms with Crippen LogP contribution in [0.3, 0.4) is 0 Å². The van der Waals surface area contributed by atoms with Gasteiger partial charge in [-0.2, -0.15) is 0 Å². The van der Waals surface area contributed by atoms with Crippen LogP contribution < -0.4 is 5.32 Å². The van der Waals surface area contributed by atoms with Crippen molar-refractivity contribution in [1.82, 2.24) is 5.32 Å². The van der Waals surface area contributed by atoms with Crippen molar-refractivity contribution in [2.24, 2.45) is 0 Å². The lowest BCUT2D eigenvalue weighted by atomic mass is 10.0. The average molecular weight is 235 g/mol. The van der Waals surface area contributed by atoms with Crippen molar-refractivity contribution in [2.45, 2.75) is 52.2 Å². The van der Waals surface area contributed by atoms with Crippen molar-refractivity contribution in [3.63, 3.8) is 0 Å². The van der Waals surface area contributed by atoms with Crippen molar-refractivity contribution in [2.75, 3.05) is 6.54 Å². The molecule has 2 atom stereocenters. The number of nitrogens with one attached hydrogen (secondary N) is 1. The van der Waals surface area contributed by atoms with Gasteiger partial charge < -0.3 is 10.4 Å². The van der Waals surface area contributed by atoms with Crippen molar-refractivity contribution in [1.29, 1.82) is 0 Å². The van der Waals surface area contributed by atoms with E-state index in [4.69, 9.17) is 5.11 Å². The van der Waals surface area contributed by atoms with Crippen LogP contribution in [0, 0.1) is 0 Å². The molecule has 0 spiro atoms. The molecular weight excluding hydrogens is 210 g/mol. The van der Waals surface area contributed by atoms with Gasteiger partial charge in [-0.3, -0.25) is 0 Å². The number of rotatable bonds is 7. The van der Waals surface area contributed by atoms with Gasteiger partial charge in [-0.25, -0.2) is 0 Å². The third-order valence-corrected chi connectivity index (χ3v) is 3.14. The largest absolute Gasteiger partial charge is 0.393 e. The van der Waals surface area contributed by atoms with E-state index in [2.05, 4.69) is 43.4 Å². The minimum Gasteiger partial charge on any atom is -0.393 e. The first-order chi connectivity index (χ1) is 8.13. The van der Waals surface area contributed by atoms with E-state index in [9.17, 15) is 0 Å². The van der Waals surface area contributed by atoms with Gasteiger partial charge >= 0.3 is 0 Å². The Balaban J connectivity index is 2.33. The maximum Gasteiger partial charge on any atom is 0.0512 e. The fourth-order valence-electron chi connectivity index (χ4n) is 1.88. The first-order valence-corrected chi connectivity index (χ1v) is 6.63. The smallest absolute Gasteiger partial charge is 0.0512 e. The third kappa shape index (κ3) is 5.33. The summed E-state index contributed by atoms with van der Waals surface area (Å²) in [6.07, 6.45) is 2.80. The number of aliphatic hydroxyl groups excluding tert-OH is 1. The lowest BCUT2D eigenvalue weighted by molar-refractivity contribution is 0.181. The summed E-state index contributed by atoms with van der Waals surface area (Å²) < 4.78 is 0. The van der Waals surface area contributed by atoms with Crippen LogP contribution in [0.25, 0.3) is 0 Å². The van der Waals surface area contributed by atoms with Crippen molar-refractivity contribution in [3.8, 4) is 0 Å². The predicted octanol–water partition coefficient (Wildman–Crippen LogP) is 3.06. The minimum atomic E-state index is -0.184. The van der Waals surface area contributed by atoms with Crippen molar-refractivity contribution < 1.29 is 5.11 Å². The lowest BCUT2D eigenvalue weighted by Crippen LogP contribution is -2.20. The monoisotopic (exact) mass is 235 g/mol. The number of aryl methyl sites for hydroxylation is 1. The molecule has 1 rings (SSSR count). The normalized spacial score (nSPS) is 14.6. The Morgan fingerprint density at radius 3 is 2.35 bits per heavy atom. The maximum atomic E-state index is 9.16. The van der Waals surface area contributed by atoms with Gasteiger partial charge in [0.15, 0.2) is 0 Å². The second-order valence-corrected chi connectivity index (χ2v) is 4.76. The highest BCUT2D eigenvalue weighted by molar-refractivity contribution is 5.24. The van der Waals surface area contributed by atoms with E-state index in [-0.39, 0.29) is 6.10 Å². The summed E-state index contributed by atoms with van der Waals surface area (Å²) in [6, 6.07) is 9.18. The minimum absolute atomic E-state index is 0.184. The molecule has 0 aliphatic heterocycles. The van der Waals surface area contributed by atoms with E-state index in [0.29, 0.717) is 6.04 Å². The summed E-state index contributed by atoms with van der Waals surface area (Å²) in [5.74, 6) is 0. The van der Waals surface area contributed by atoms with E-state index in [1.807, 2.05) is 6.92 Å². The Kier molecular flexibility index (Phi) is 6.23. The zero-order valence-electron chi connectivity index (χ0n) is 11.2. The molecule has 0 bridgehead atoms. The molecule has 2 N–H and O–H groups in total. The van der Waals surface area contributed by atoms with E-state index < -0.39 is 0 Å². The summed E-state index contributed by atoms with van der Waals surface area (Å²) in [6.45, 7) is 7.16. The van der Waals surface area contributed by atoms with E-state index in [1.54, 1.807) is 0 Å². The molecule has 2 nitrogen and oxygen atoms in total. The second kappa shape index (κ2) is 7.46. The third-order valence-electron chi connectivity index (χ3n) is 3.14. The number of hydrogen-bond acceptors (Lipinski definition) is 2. The molecule has 0 aliphatic carbocycles. The van der Waals surface area contributed by atoms with Crippen LogP contribution in [0.4, 0.5) is 0 Å². The van der Waals surface area contributed by atoms with Crippen LogP contribution in [-0.2, 0) is 6.42 Å². The molecule has 0 radical (unpaired) electrons. The van der Waals surface area contributed by atoms with Crippen LogP contribution in [0.2, 0.25) is 0 Å². The fraction of sp³-hybridized carbons (Fsp3) is 0.600. The predicted molar refractivity (Wildman–Crippen MR) is 73.2 cm³/mol. The van der Waals surface area contributed by atoms with Gasteiger partial charge in [0.1, 0.15) is 0 Å². The van der Waals surface area contributed by atoms with Gasteiger partial charge in [-0.1, -0.05) is 31.2 Å². The van der Waals surface area contributed by atoms with Crippen LogP contribution in [0.1, 0.15) is 50.8 Å². The van der Waals surface area contributed by atoms with Crippen LogP contribution >= 0.6 is 0 Å². The maximum absolute atomic E-state index is 9.16. The summed E-state index contributed by atoms with van der Waals surface area (Å²) in [5.41, 5.74) is 2.72. The Labute approximate surface area is 105 Å². The quantitative estimate of drug-likeness (QED) is 0.712. The Morgan fingerprint density at radius 1 is 1.18 bits per heavy atom. The topological polar surface area (TPSA) is 32.3 Å². The van der Waals surface area contributed by atoms with Gasteiger partial charge in [0, 0.05) is 6.04 Å². The molecule has 0 heterocycles. The van der Waals surface area contributed by atoms with Crippen LogP contribution in [0.5, 0.6) is 0 Å². The molecule has 0 fully saturated rings. The lowest BCUT2D eigenvalue weighted by Gasteiger charge is -2.15.